The number of halogens is 1. The Morgan fingerprint density at radius 2 is 2.06 bits per heavy atom. The fourth-order valence-electron chi connectivity index (χ4n) is 2.10. The molecule has 0 radical (unpaired) electrons. The summed E-state index contributed by atoms with van der Waals surface area (Å²) in [6.07, 6.45) is -0.958. The van der Waals surface area contributed by atoms with Crippen molar-refractivity contribution in [1.29, 1.82) is 0 Å². The molecule has 1 aromatic carbocycles. The molecule has 5 heteroatoms. The Kier molecular flexibility index (Phi) is 3.14. The SMILES string of the molecule is CC1(C)OC[C@@H](c2ccc(Br)cc2)N1C(=O)O. The van der Waals surface area contributed by atoms with Gasteiger partial charge in [0.05, 0.1) is 12.6 Å². The molecule has 1 atom stereocenters. The van der Waals surface area contributed by atoms with Crippen LogP contribution in [0.2, 0.25) is 0 Å². The Morgan fingerprint density at radius 3 is 2.59 bits per heavy atom. The van der Waals surface area contributed by atoms with E-state index in [0.29, 0.717) is 6.61 Å². The molecule has 0 spiro atoms. The van der Waals surface area contributed by atoms with E-state index in [1.54, 1.807) is 13.8 Å². The second kappa shape index (κ2) is 4.31. The monoisotopic (exact) mass is 299 g/mol. The highest BCUT2D eigenvalue weighted by Gasteiger charge is 2.44. The summed E-state index contributed by atoms with van der Waals surface area (Å²) in [4.78, 5) is 12.7. The fraction of sp³-hybridized carbons (Fsp3) is 0.417. The Hall–Kier alpha value is -1.07. The third-order valence-corrected chi connectivity index (χ3v) is 3.48. The lowest BCUT2D eigenvalue weighted by Gasteiger charge is -2.31. The molecule has 2 rings (SSSR count). The molecule has 1 amide bonds. The van der Waals surface area contributed by atoms with E-state index in [4.69, 9.17) is 4.74 Å². The summed E-state index contributed by atoms with van der Waals surface area (Å²) in [5.41, 5.74) is 0.171. The standard InChI is InChI=1S/C12H14BrNO3/c1-12(2)14(11(15)16)10(7-17-12)8-3-5-9(13)6-4-8/h3-6,10H,7H2,1-2H3,(H,15,16)/t10-/m0/s1. The quantitative estimate of drug-likeness (QED) is 0.866. The normalized spacial score (nSPS) is 22.8. The first-order chi connectivity index (χ1) is 7.92. The van der Waals surface area contributed by atoms with E-state index in [2.05, 4.69) is 15.9 Å². The molecule has 0 aromatic heterocycles. The predicted octanol–water partition coefficient (Wildman–Crippen LogP) is 3.24. The van der Waals surface area contributed by atoms with E-state index >= 15 is 0 Å². The van der Waals surface area contributed by atoms with Crippen molar-refractivity contribution in [2.24, 2.45) is 0 Å². The van der Waals surface area contributed by atoms with Crippen molar-refractivity contribution in [3.05, 3.63) is 34.3 Å². The zero-order chi connectivity index (χ0) is 12.6. The molecule has 1 aliphatic rings. The van der Waals surface area contributed by atoms with Crippen LogP contribution in [-0.2, 0) is 4.74 Å². The van der Waals surface area contributed by atoms with Gasteiger partial charge < -0.3 is 9.84 Å². The molecule has 1 aliphatic heterocycles. The zero-order valence-corrected chi connectivity index (χ0v) is 11.3. The number of carbonyl (C=O) groups is 1. The average molecular weight is 300 g/mol. The van der Waals surface area contributed by atoms with Gasteiger partial charge in [-0.05, 0) is 31.5 Å². The third kappa shape index (κ3) is 2.30. The molecule has 1 N–H and O–H groups in total. The molecule has 1 saturated heterocycles. The molecule has 1 fully saturated rings. The third-order valence-electron chi connectivity index (χ3n) is 2.95. The van der Waals surface area contributed by atoms with Crippen LogP contribution in [0.5, 0.6) is 0 Å². The predicted molar refractivity (Wildman–Crippen MR) is 66.8 cm³/mol. The second-order valence-corrected chi connectivity index (χ2v) is 5.39. The first kappa shape index (κ1) is 12.4. The van der Waals surface area contributed by atoms with Crippen molar-refractivity contribution >= 4 is 22.0 Å². The van der Waals surface area contributed by atoms with E-state index in [9.17, 15) is 9.90 Å². The molecule has 0 bridgehead atoms. The van der Waals surface area contributed by atoms with Crippen LogP contribution in [0.15, 0.2) is 28.7 Å². The van der Waals surface area contributed by atoms with E-state index in [1.807, 2.05) is 24.3 Å². The summed E-state index contributed by atoms with van der Waals surface area (Å²) < 4.78 is 6.52. The summed E-state index contributed by atoms with van der Waals surface area (Å²) in [6.45, 7) is 3.92. The number of hydrogen-bond acceptors (Lipinski definition) is 2. The van der Waals surface area contributed by atoms with E-state index < -0.39 is 11.8 Å². The largest absolute Gasteiger partial charge is 0.465 e. The molecule has 0 saturated carbocycles. The van der Waals surface area contributed by atoms with Gasteiger partial charge in [0.15, 0.2) is 0 Å². The van der Waals surface area contributed by atoms with Crippen LogP contribution in [0.1, 0.15) is 25.5 Å². The van der Waals surface area contributed by atoms with Crippen LogP contribution in [-0.4, -0.2) is 28.4 Å². The minimum atomic E-state index is -0.958. The zero-order valence-electron chi connectivity index (χ0n) is 9.68. The smallest absolute Gasteiger partial charge is 0.410 e. The number of ether oxygens (including phenoxy) is 1. The van der Waals surface area contributed by atoms with Crippen molar-refractivity contribution in [2.45, 2.75) is 25.6 Å². The Morgan fingerprint density at radius 1 is 1.47 bits per heavy atom. The lowest BCUT2D eigenvalue weighted by molar-refractivity contribution is -0.0420. The molecule has 92 valence electrons. The van der Waals surface area contributed by atoms with Gasteiger partial charge >= 0.3 is 6.09 Å². The van der Waals surface area contributed by atoms with Gasteiger partial charge in [0.25, 0.3) is 0 Å². The topological polar surface area (TPSA) is 49.8 Å². The van der Waals surface area contributed by atoms with Gasteiger partial charge in [0.2, 0.25) is 0 Å². The maximum Gasteiger partial charge on any atom is 0.410 e. The van der Waals surface area contributed by atoms with Crippen molar-refractivity contribution in [3.63, 3.8) is 0 Å². The molecule has 0 aliphatic carbocycles. The van der Waals surface area contributed by atoms with Crippen LogP contribution in [0, 0.1) is 0 Å². The Labute approximate surface area is 108 Å². The molecular formula is C12H14BrNO3. The summed E-state index contributed by atoms with van der Waals surface area (Å²) in [6, 6.07) is 7.39. The first-order valence-corrected chi connectivity index (χ1v) is 6.13. The van der Waals surface area contributed by atoms with E-state index in [1.165, 1.54) is 4.90 Å². The lowest BCUT2D eigenvalue weighted by atomic mass is 10.1. The van der Waals surface area contributed by atoms with Crippen LogP contribution in [0.3, 0.4) is 0 Å². The van der Waals surface area contributed by atoms with Crippen LogP contribution in [0.25, 0.3) is 0 Å². The van der Waals surface area contributed by atoms with Crippen LogP contribution in [0.4, 0.5) is 4.79 Å². The van der Waals surface area contributed by atoms with Gasteiger partial charge in [-0.25, -0.2) is 4.79 Å². The highest BCUT2D eigenvalue weighted by atomic mass is 79.9. The molecular weight excluding hydrogens is 286 g/mol. The number of rotatable bonds is 1. The maximum atomic E-state index is 11.3. The highest BCUT2D eigenvalue weighted by Crippen LogP contribution is 2.36. The van der Waals surface area contributed by atoms with Crippen molar-refractivity contribution in [1.82, 2.24) is 4.90 Å². The van der Waals surface area contributed by atoms with Crippen molar-refractivity contribution < 1.29 is 14.6 Å². The van der Waals surface area contributed by atoms with Crippen molar-refractivity contribution in [2.75, 3.05) is 6.61 Å². The van der Waals surface area contributed by atoms with Gasteiger partial charge in [-0.15, -0.1) is 0 Å². The summed E-state index contributed by atoms with van der Waals surface area (Å²) in [7, 11) is 0. The van der Waals surface area contributed by atoms with Gasteiger partial charge in [-0.1, -0.05) is 28.1 Å². The molecule has 17 heavy (non-hydrogen) atoms. The van der Waals surface area contributed by atoms with Gasteiger partial charge in [0, 0.05) is 4.47 Å². The summed E-state index contributed by atoms with van der Waals surface area (Å²) in [5.74, 6) is 0. The van der Waals surface area contributed by atoms with Crippen molar-refractivity contribution in [3.8, 4) is 0 Å². The minimum Gasteiger partial charge on any atom is -0.465 e. The van der Waals surface area contributed by atoms with E-state index in [0.717, 1.165) is 10.0 Å². The Bertz CT molecular complexity index is 430. The average Bonchev–Trinajstić information content (AvgIpc) is 2.55. The maximum absolute atomic E-state index is 11.3. The number of carboxylic acid groups (broad SMARTS) is 1. The lowest BCUT2D eigenvalue weighted by Crippen LogP contribution is -2.43. The number of nitrogens with zero attached hydrogens (tertiary/aromatic N) is 1. The Balaban J connectivity index is 2.33. The van der Waals surface area contributed by atoms with Gasteiger partial charge in [-0.3, -0.25) is 4.90 Å². The van der Waals surface area contributed by atoms with Crippen LogP contribution < -0.4 is 0 Å². The molecule has 0 unspecified atom stereocenters. The first-order valence-electron chi connectivity index (χ1n) is 5.33. The molecule has 1 aromatic rings. The minimum absolute atomic E-state index is 0.240. The summed E-state index contributed by atoms with van der Waals surface area (Å²) >= 11 is 3.36. The molecule has 4 nitrogen and oxygen atoms in total. The summed E-state index contributed by atoms with van der Waals surface area (Å²) in [5, 5.41) is 9.27. The number of hydrogen-bond donors (Lipinski definition) is 1. The fourth-order valence-corrected chi connectivity index (χ4v) is 2.36. The number of amides is 1. The number of benzene rings is 1. The highest BCUT2D eigenvalue weighted by molar-refractivity contribution is 9.10. The molecule has 1 heterocycles. The van der Waals surface area contributed by atoms with Gasteiger partial charge in [0.1, 0.15) is 5.72 Å². The van der Waals surface area contributed by atoms with Crippen LogP contribution >= 0.6 is 15.9 Å². The van der Waals surface area contributed by atoms with Gasteiger partial charge in [-0.2, -0.15) is 0 Å². The van der Waals surface area contributed by atoms with E-state index in [-0.39, 0.29) is 6.04 Å². The second-order valence-electron chi connectivity index (χ2n) is 4.48.